The van der Waals surface area contributed by atoms with Crippen molar-refractivity contribution >= 4 is 23.8 Å². The summed E-state index contributed by atoms with van der Waals surface area (Å²) in [5.41, 5.74) is 1.15. The maximum Gasteiger partial charge on any atom is 0.413 e. The number of ether oxygens (including phenoxy) is 1. The van der Waals surface area contributed by atoms with Crippen LogP contribution in [0.15, 0.2) is 35.5 Å². The second-order valence-corrected chi connectivity index (χ2v) is 5.81. The molecular weight excluding hydrogens is 328 g/mol. The van der Waals surface area contributed by atoms with Crippen molar-refractivity contribution in [2.45, 2.75) is 32.0 Å². The molecule has 0 aliphatic rings. The van der Waals surface area contributed by atoms with E-state index >= 15 is 0 Å². The number of benzene rings is 1. The topological polar surface area (TPSA) is 86.1 Å². The molecule has 0 aliphatic carbocycles. The van der Waals surface area contributed by atoms with E-state index in [1.807, 2.05) is 41.8 Å². The second kappa shape index (κ2) is 9.07. The molecule has 0 saturated heterocycles. The normalized spacial score (nSPS) is 10.4. The average Bonchev–Trinajstić information content (AvgIpc) is 2.95. The standard InChI is InChI=1S/C16H20N4O3S/c1-3-20-13(10-12-8-6-5-7-9-12)18-19-15(20)24-11-14(21)17-16(22)23-4-2/h5-9H,3-4,10-11H2,1-2H3,(H,17,21,22). The van der Waals surface area contributed by atoms with Gasteiger partial charge in [-0.05, 0) is 19.4 Å². The number of rotatable bonds is 7. The zero-order valence-corrected chi connectivity index (χ0v) is 14.5. The summed E-state index contributed by atoms with van der Waals surface area (Å²) >= 11 is 1.24. The molecule has 0 fully saturated rings. The number of hydrogen-bond donors (Lipinski definition) is 1. The van der Waals surface area contributed by atoms with Crippen LogP contribution in [0.3, 0.4) is 0 Å². The Morgan fingerprint density at radius 1 is 1.21 bits per heavy atom. The maximum atomic E-state index is 11.7. The van der Waals surface area contributed by atoms with Gasteiger partial charge in [0.25, 0.3) is 0 Å². The van der Waals surface area contributed by atoms with Crippen molar-refractivity contribution in [3.05, 3.63) is 41.7 Å². The number of imide groups is 1. The molecule has 0 saturated carbocycles. The van der Waals surface area contributed by atoms with Gasteiger partial charge in [-0.2, -0.15) is 0 Å². The van der Waals surface area contributed by atoms with E-state index < -0.39 is 12.0 Å². The largest absolute Gasteiger partial charge is 0.450 e. The molecule has 0 spiro atoms. The third kappa shape index (κ3) is 5.09. The van der Waals surface area contributed by atoms with Crippen molar-refractivity contribution in [1.29, 1.82) is 0 Å². The van der Waals surface area contributed by atoms with Gasteiger partial charge in [-0.1, -0.05) is 42.1 Å². The first-order valence-electron chi connectivity index (χ1n) is 7.69. The molecule has 7 nitrogen and oxygen atoms in total. The number of hydrogen-bond acceptors (Lipinski definition) is 6. The highest BCUT2D eigenvalue weighted by Gasteiger charge is 2.15. The molecule has 128 valence electrons. The molecule has 2 rings (SSSR count). The molecule has 1 aromatic carbocycles. The van der Waals surface area contributed by atoms with Crippen molar-refractivity contribution in [1.82, 2.24) is 20.1 Å². The van der Waals surface area contributed by atoms with Gasteiger partial charge in [-0.15, -0.1) is 10.2 Å². The highest BCUT2D eigenvalue weighted by molar-refractivity contribution is 7.99. The molecule has 8 heteroatoms. The molecule has 24 heavy (non-hydrogen) atoms. The number of alkyl carbamates (subject to hydrolysis) is 1. The fourth-order valence-electron chi connectivity index (χ4n) is 2.10. The van der Waals surface area contributed by atoms with Crippen molar-refractivity contribution in [2.75, 3.05) is 12.4 Å². The van der Waals surface area contributed by atoms with Gasteiger partial charge in [-0.25, -0.2) is 4.79 Å². The lowest BCUT2D eigenvalue weighted by Gasteiger charge is -2.07. The number of carbonyl (C=O) groups excluding carboxylic acids is 2. The molecule has 0 radical (unpaired) electrons. The van der Waals surface area contributed by atoms with E-state index in [1.54, 1.807) is 6.92 Å². The van der Waals surface area contributed by atoms with E-state index in [4.69, 9.17) is 0 Å². The van der Waals surface area contributed by atoms with Crippen molar-refractivity contribution in [3.8, 4) is 0 Å². The number of thioether (sulfide) groups is 1. The fourth-order valence-corrected chi connectivity index (χ4v) is 2.92. The maximum absolute atomic E-state index is 11.7. The summed E-state index contributed by atoms with van der Waals surface area (Å²) in [4.78, 5) is 22.9. The fraction of sp³-hybridized carbons (Fsp3) is 0.375. The predicted molar refractivity (Wildman–Crippen MR) is 90.8 cm³/mol. The number of nitrogens with zero attached hydrogens (tertiary/aromatic N) is 3. The van der Waals surface area contributed by atoms with Crippen LogP contribution < -0.4 is 5.32 Å². The third-order valence-corrected chi connectivity index (χ3v) is 4.13. The van der Waals surface area contributed by atoms with Gasteiger partial charge in [0.1, 0.15) is 5.82 Å². The van der Waals surface area contributed by atoms with Gasteiger partial charge in [0.05, 0.1) is 12.4 Å². The van der Waals surface area contributed by atoms with Crippen LogP contribution in [-0.4, -0.2) is 39.1 Å². The Kier molecular flexibility index (Phi) is 6.80. The van der Waals surface area contributed by atoms with E-state index in [-0.39, 0.29) is 12.4 Å². The predicted octanol–water partition coefficient (Wildman–Crippen LogP) is 2.25. The monoisotopic (exact) mass is 348 g/mol. The summed E-state index contributed by atoms with van der Waals surface area (Å²) in [5.74, 6) is 0.494. The van der Waals surface area contributed by atoms with Gasteiger partial charge in [0, 0.05) is 13.0 Å². The van der Waals surface area contributed by atoms with Crippen LogP contribution in [0, 0.1) is 0 Å². The van der Waals surface area contributed by atoms with Crippen LogP contribution in [0.1, 0.15) is 25.2 Å². The number of carbonyl (C=O) groups is 2. The van der Waals surface area contributed by atoms with Crippen LogP contribution in [0.2, 0.25) is 0 Å². The minimum absolute atomic E-state index is 0.0717. The van der Waals surface area contributed by atoms with E-state index in [0.29, 0.717) is 18.1 Å². The summed E-state index contributed by atoms with van der Waals surface area (Å²) in [7, 11) is 0. The minimum atomic E-state index is -0.732. The Bertz CT molecular complexity index is 688. The van der Waals surface area contributed by atoms with E-state index in [1.165, 1.54) is 11.8 Å². The molecular formula is C16H20N4O3S. The Balaban J connectivity index is 1.96. The molecule has 0 bridgehead atoms. The molecule has 0 unspecified atom stereocenters. The van der Waals surface area contributed by atoms with Crippen LogP contribution in [0.5, 0.6) is 0 Å². The Labute approximate surface area is 144 Å². The number of amides is 2. The quantitative estimate of drug-likeness (QED) is 0.773. The molecule has 0 aliphatic heterocycles. The third-order valence-electron chi connectivity index (χ3n) is 3.16. The summed E-state index contributed by atoms with van der Waals surface area (Å²) in [6.07, 6.45) is -0.0538. The van der Waals surface area contributed by atoms with Crippen LogP contribution in [-0.2, 0) is 22.5 Å². The Morgan fingerprint density at radius 2 is 1.96 bits per heavy atom. The first-order chi connectivity index (χ1) is 11.6. The highest BCUT2D eigenvalue weighted by Crippen LogP contribution is 2.18. The smallest absolute Gasteiger partial charge is 0.413 e. The lowest BCUT2D eigenvalue weighted by Crippen LogP contribution is -2.32. The lowest BCUT2D eigenvalue weighted by molar-refractivity contribution is -0.117. The van der Waals surface area contributed by atoms with Crippen LogP contribution in [0.25, 0.3) is 0 Å². The van der Waals surface area contributed by atoms with Crippen molar-refractivity contribution < 1.29 is 14.3 Å². The lowest BCUT2D eigenvalue weighted by atomic mass is 10.1. The van der Waals surface area contributed by atoms with Gasteiger partial charge in [-0.3, -0.25) is 10.1 Å². The van der Waals surface area contributed by atoms with Gasteiger partial charge < -0.3 is 9.30 Å². The summed E-state index contributed by atoms with van der Waals surface area (Å²) in [6, 6.07) is 10.0. The zero-order chi connectivity index (χ0) is 17.4. The minimum Gasteiger partial charge on any atom is -0.450 e. The van der Waals surface area contributed by atoms with Crippen LogP contribution >= 0.6 is 11.8 Å². The zero-order valence-electron chi connectivity index (χ0n) is 13.7. The van der Waals surface area contributed by atoms with Crippen molar-refractivity contribution in [2.24, 2.45) is 0 Å². The van der Waals surface area contributed by atoms with Gasteiger partial charge in [0.15, 0.2) is 5.16 Å². The first-order valence-corrected chi connectivity index (χ1v) is 8.68. The molecule has 1 aromatic heterocycles. The number of nitrogens with one attached hydrogen (secondary N) is 1. The highest BCUT2D eigenvalue weighted by atomic mass is 32.2. The summed E-state index contributed by atoms with van der Waals surface area (Å²) in [5, 5.41) is 11.2. The van der Waals surface area contributed by atoms with Crippen molar-refractivity contribution in [3.63, 3.8) is 0 Å². The molecule has 1 N–H and O–H groups in total. The molecule has 0 atom stereocenters. The van der Waals surface area contributed by atoms with Crippen LogP contribution in [0.4, 0.5) is 4.79 Å². The molecule has 2 aromatic rings. The summed E-state index contributed by atoms with van der Waals surface area (Å²) in [6.45, 7) is 4.60. The first kappa shape index (κ1) is 18.0. The van der Waals surface area contributed by atoms with E-state index in [9.17, 15) is 9.59 Å². The second-order valence-electron chi connectivity index (χ2n) is 4.86. The molecule has 2 amide bonds. The van der Waals surface area contributed by atoms with Gasteiger partial charge >= 0.3 is 6.09 Å². The Morgan fingerprint density at radius 3 is 2.62 bits per heavy atom. The summed E-state index contributed by atoms with van der Waals surface area (Å²) < 4.78 is 6.63. The Hall–Kier alpha value is -2.35. The van der Waals surface area contributed by atoms with E-state index in [0.717, 1.165) is 11.4 Å². The van der Waals surface area contributed by atoms with Gasteiger partial charge in [0.2, 0.25) is 5.91 Å². The SMILES string of the molecule is CCOC(=O)NC(=O)CSc1nnc(Cc2ccccc2)n1CC. The average molecular weight is 348 g/mol. The molecule has 1 heterocycles. The number of aromatic nitrogens is 3. The van der Waals surface area contributed by atoms with E-state index in [2.05, 4.69) is 20.3 Å².